The van der Waals surface area contributed by atoms with Crippen LogP contribution in [0.3, 0.4) is 0 Å². The van der Waals surface area contributed by atoms with Crippen LogP contribution in [0.15, 0.2) is 79.0 Å². The van der Waals surface area contributed by atoms with E-state index in [0.717, 1.165) is 5.52 Å². The highest BCUT2D eigenvalue weighted by atomic mass is 16.5. The van der Waals surface area contributed by atoms with E-state index >= 15 is 0 Å². The van der Waals surface area contributed by atoms with Crippen molar-refractivity contribution >= 4 is 27.6 Å². The molecule has 1 aromatic heterocycles. The molecule has 0 aliphatic heterocycles. The first-order valence-electron chi connectivity index (χ1n) is 7.79. The van der Waals surface area contributed by atoms with Crippen molar-refractivity contribution in [3.05, 3.63) is 84.6 Å². The van der Waals surface area contributed by atoms with Crippen LogP contribution in [0.5, 0.6) is 5.75 Å². The van der Waals surface area contributed by atoms with Crippen molar-refractivity contribution in [3.8, 4) is 5.75 Å². The number of carbonyl (C=O) groups is 1. The predicted octanol–water partition coefficient (Wildman–Crippen LogP) is 4.78. The molecule has 0 radical (unpaired) electrons. The Morgan fingerprint density at radius 1 is 0.880 bits per heavy atom. The van der Waals surface area contributed by atoms with Crippen LogP contribution in [-0.4, -0.2) is 23.2 Å². The summed E-state index contributed by atoms with van der Waals surface area (Å²) in [4.78, 5) is 14.8. The summed E-state index contributed by atoms with van der Waals surface area (Å²) < 4.78 is 4.86. The van der Waals surface area contributed by atoms with E-state index in [1.54, 1.807) is 12.1 Å². The first-order valence-corrected chi connectivity index (χ1v) is 7.79. The summed E-state index contributed by atoms with van der Waals surface area (Å²) in [5.41, 5.74) is 1.36. The van der Waals surface area contributed by atoms with Crippen molar-refractivity contribution in [2.75, 3.05) is 7.11 Å². The minimum absolute atomic E-state index is 0.269. The third kappa shape index (κ3) is 3.75. The van der Waals surface area contributed by atoms with E-state index in [0.29, 0.717) is 5.75 Å². The summed E-state index contributed by atoms with van der Waals surface area (Å²) in [6, 6.07) is 22.9. The third-order valence-electron chi connectivity index (χ3n) is 3.83. The molecule has 1 N–H and O–H groups in total. The van der Waals surface area contributed by atoms with E-state index in [-0.39, 0.29) is 5.56 Å². The Balaban J connectivity index is 0.000000151. The molecule has 4 rings (SSSR count). The molecule has 0 atom stereocenters. The van der Waals surface area contributed by atoms with Crippen molar-refractivity contribution < 1.29 is 14.6 Å². The number of hydrogen-bond donors (Lipinski definition) is 1. The Bertz CT molecular complexity index is 955. The number of benzene rings is 3. The average molecular weight is 331 g/mol. The van der Waals surface area contributed by atoms with Gasteiger partial charge in [0.05, 0.1) is 18.2 Å². The summed E-state index contributed by atoms with van der Waals surface area (Å²) in [6.45, 7) is 0. The topological polar surface area (TPSA) is 59.4 Å². The molecule has 0 bridgehead atoms. The smallest absolute Gasteiger partial charge is 0.335 e. The average Bonchev–Trinajstić information content (AvgIpc) is 2.68. The second kappa shape index (κ2) is 7.45. The van der Waals surface area contributed by atoms with Crippen LogP contribution in [-0.2, 0) is 0 Å². The van der Waals surface area contributed by atoms with Gasteiger partial charge < -0.3 is 9.84 Å². The number of aromatic carboxylic acids is 1. The normalized spacial score (nSPS) is 10.1. The maximum atomic E-state index is 10.4. The highest BCUT2D eigenvalue weighted by Crippen LogP contribution is 2.22. The lowest BCUT2D eigenvalue weighted by molar-refractivity contribution is 0.0697. The molecule has 4 heteroatoms. The van der Waals surface area contributed by atoms with Crippen molar-refractivity contribution in [2.45, 2.75) is 0 Å². The van der Waals surface area contributed by atoms with Gasteiger partial charge in [-0.15, -0.1) is 0 Å². The van der Waals surface area contributed by atoms with Crippen molar-refractivity contribution in [3.63, 3.8) is 0 Å². The van der Waals surface area contributed by atoms with Gasteiger partial charge >= 0.3 is 5.97 Å². The van der Waals surface area contributed by atoms with E-state index < -0.39 is 5.97 Å². The molecule has 0 unspecified atom stereocenters. The fourth-order valence-corrected chi connectivity index (χ4v) is 2.55. The molecule has 3 aromatic carbocycles. The fraction of sp³-hybridized carbons (Fsp3) is 0.0476. The first kappa shape index (κ1) is 16.5. The molecule has 0 spiro atoms. The predicted molar refractivity (Wildman–Crippen MR) is 99.2 cm³/mol. The van der Waals surface area contributed by atoms with Crippen LogP contribution in [0.4, 0.5) is 0 Å². The molecule has 1 heterocycles. The van der Waals surface area contributed by atoms with Gasteiger partial charge in [-0.1, -0.05) is 42.5 Å². The lowest BCUT2D eigenvalue weighted by Gasteiger charge is -2.01. The zero-order valence-corrected chi connectivity index (χ0v) is 13.7. The van der Waals surface area contributed by atoms with Gasteiger partial charge in [0.1, 0.15) is 5.75 Å². The molecule has 0 aliphatic rings. The number of nitrogens with zero attached hydrogens (tertiary/aromatic N) is 1. The Kier molecular flexibility index (Phi) is 4.90. The molecule has 4 nitrogen and oxygen atoms in total. The lowest BCUT2D eigenvalue weighted by atomic mass is 10.1. The quantitative estimate of drug-likeness (QED) is 0.537. The Hall–Kier alpha value is -3.40. The number of carboxylic acids is 1. The van der Waals surface area contributed by atoms with E-state index in [9.17, 15) is 4.79 Å². The van der Waals surface area contributed by atoms with Crippen LogP contribution in [0, 0.1) is 0 Å². The highest BCUT2D eigenvalue weighted by molar-refractivity contribution is 6.04. The van der Waals surface area contributed by atoms with Crippen LogP contribution in [0.2, 0.25) is 0 Å². The molecule has 25 heavy (non-hydrogen) atoms. The van der Waals surface area contributed by atoms with Crippen LogP contribution in [0.1, 0.15) is 10.4 Å². The zero-order chi connectivity index (χ0) is 17.6. The number of ether oxygens (including phenoxy) is 1. The monoisotopic (exact) mass is 331 g/mol. The van der Waals surface area contributed by atoms with Gasteiger partial charge in [0.25, 0.3) is 0 Å². The Morgan fingerprint density at radius 3 is 2.28 bits per heavy atom. The van der Waals surface area contributed by atoms with E-state index in [1.165, 1.54) is 35.4 Å². The molecule has 4 aromatic rings. The molecule has 124 valence electrons. The fourth-order valence-electron chi connectivity index (χ4n) is 2.55. The minimum Gasteiger partial charge on any atom is -0.497 e. The molecule has 0 aliphatic carbocycles. The molecular weight excluding hydrogens is 314 g/mol. The number of carboxylic acid groups (broad SMARTS) is 1. The lowest BCUT2D eigenvalue weighted by Crippen LogP contribution is -1.95. The summed E-state index contributed by atoms with van der Waals surface area (Å²) >= 11 is 0. The van der Waals surface area contributed by atoms with E-state index in [4.69, 9.17) is 9.84 Å². The van der Waals surface area contributed by atoms with Gasteiger partial charge in [0.2, 0.25) is 0 Å². The summed E-state index contributed by atoms with van der Waals surface area (Å²) in [7, 11) is 1.54. The summed E-state index contributed by atoms with van der Waals surface area (Å²) in [5, 5.41) is 12.2. The van der Waals surface area contributed by atoms with E-state index in [1.807, 2.05) is 12.3 Å². The SMILES string of the molecule is COc1ccc(C(=O)O)cc1.c1ccc2c(c1)ccc1cccnc12. The second-order valence-electron chi connectivity index (χ2n) is 5.40. The summed E-state index contributed by atoms with van der Waals surface area (Å²) in [5.74, 6) is -0.261. The highest BCUT2D eigenvalue weighted by Gasteiger charge is 2.00. The maximum absolute atomic E-state index is 10.4. The number of rotatable bonds is 2. The number of hydrogen-bond acceptors (Lipinski definition) is 3. The van der Waals surface area contributed by atoms with Crippen LogP contribution < -0.4 is 4.74 Å². The van der Waals surface area contributed by atoms with Crippen molar-refractivity contribution in [2.24, 2.45) is 0 Å². The van der Waals surface area contributed by atoms with Gasteiger partial charge in [-0.3, -0.25) is 4.98 Å². The maximum Gasteiger partial charge on any atom is 0.335 e. The Labute approximate surface area is 145 Å². The van der Waals surface area contributed by atoms with Crippen LogP contribution >= 0.6 is 0 Å². The Morgan fingerprint density at radius 2 is 1.56 bits per heavy atom. The second-order valence-corrected chi connectivity index (χ2v) is 5.40. The standard InChI is InChI=1S/C13H9N.C8H8O3/c1-2-6-12-10(4-1)7-8-11-5-3-9-14-13(11)12;1-11-7-4-2-6(3-5-7)8(9)10/h1-9H;2-5H,1H3,(H,9,10). The van der Waals surface area contributed by atoms with Gasteiger partial charge in [-0.05, 0) is 35.7 Å². The number of pyridine rings is 1. The molecule has 0 saturated heterocycles. The third-order valence-corrected chi connectivity index (χ3v) is 3.83. The van der Waals surface area contributed by atoms with Gasteiger partial charge in [0, 0.05) is 17.0 Å². The van der Waals surface area contributed by atoms with Gasteiger partial charge in [0.15, 0.2) is 0 Å². The molecule has 0 amide bonds. The number of methoxy groups -OCH3 is 1. The van der Waals surface area contributed by atoms with Gasteiger partial charge in [-0.2, -0.15) is 0 Å². The minimum atomic E-state index is -0.923. The first-order chi connectivity index (χ1) is 12.2. The molecular formula is C21H17NO3. The number of fused-ring (bicyclic) bond motifs is 3. The van der Waals surface area contributed by atoms with Crippen molar-refractivity contribution in [1.29, 1.82) is 0 Å². The van der Waals surface area contributed by atoms with Crippen LogP contribution in [0.25, 0.3) is 21.7 Å². The van der Waals surface area contributed by atoms with Gasteiger partial charge in [-0.25, -0.2) is 4.79 Å². The zero-order valence-electron chi connectivity index (χ0n) is 13.7. The number of aromatic nitrogens is 1. The molecule has 0 fully saturated rings. The largest absolute Gasteiger partial charge is 0.497 e. The van der Waals surface area contributed by atoms with E-state index in [2.05, 4.69) is 47.4 Å². The van der Waals surface area contributed by atoms with Crippen molar-refractivity contribution in [1.82, 2.24) is 4.98 Å². The molecule has 0 saturated carbocycles. The summed E-state index contributed by atoms with van der Waals surface area (Å²) in [6.07, 6.45) is 1.84.